The van der Waals surface area contributed by atoms with Crippen LogP contribution < -0.4 is 0 Å². The van der Waals surface area contributed by atoms with Crippen LogP contribution in [0.15, 0.2) is 30.6 Å². The Balaban J connectivity index is 1.62. The third-order valence-electron chi connectivity index (χ3n) is 5.76. The molecule has 2 aliphatic rings. The molecule has 1 atom stereocenters. The number of carbonyl (C=O) groups excluding carboxylic acids is 2. The highest BCUT2D eigenvalue weighted by Crippen LogP contribution is 2.40. The summed E-state index contributed by atoms with van der Waals surface area (Å²) >= 11 is 0. The first-order chi connectivity index (χ1) is 13.6. The Morgan fingerprint density at radius 3 is 2.68 bits per heavy atom. The summed E-state index contributed by atoms with van der Waals surface area (Å²) < 4.78 is 11.3. The number of amides is 1. The third kappa shape index (κ3) is 5.19. The molecule has 6 heteroatoms. The largest absolute Gasteiger partial charge is 0.466 e. The van der Waals surface area contributed by atoms with Gasteiger partial charge in [0.05, 0.1) is 18.1 Å². The van der Waals surface area contributed by atoms with E-state index >= 15 is 0 Å². The fraction of sp³-hybridized carbons (Fsp3) is 0.591. The van der Waals surface area contributed by atoms with Gasteiger partial charge in [-0.3, -0.25) is 14.6 Å². The Morgan fingerprint density at radius 1 is 1.29 bits per heavy atom. The van der Waals surface area contributed by atoms with E-state index in [-0.39, 0.29) is 18.0 Å². The fourth-order valence-electron chi connectivity index (χ4n) is 4.08. The molecule has 2 saturated heterocycles. The molecule has 1 unspecified atom stereocenters. The number of nitrogens with zero attached hydrogens (tertiary/aromatic N) is 2. The van der Waals surface area contributed by atoms with Crippen LogP contribution in [0.1, 0.15) is 51.0 Å². The second kappa shape index (κ2) is 9.82. The second-order valence-electron chi connectivity index (χ2n) is 7.63. The lowest BCUT2D eigenvalue weighted by molar-refractivity contribution is -0.163. The van der Waals surface area contributed by atoms with Gasteiger partial charge in [0, 0.05) is 38.2 Å². The van der Waals surface area contributed by atoms with Crippen molar-refractivity contribution in [3.63, 3.8) is 0 Å². The lowest BCUT2D eigenvalue weighted by Gasteiger charge is -2.41. The van der Waals surface area contributed by atoms with Crippen LogP contribution in [0.4, 0.5) is 0 Å². The van der Waals surface area contributed by atoms with E-state index in [1.807, 2.05) is 24.0 Å². The lowest BCUT2D eigenvalue weighted by atomic mass is 9.73. The van der Waals surface area contributed by atoms with E-state index in [1.165, 1.54) is 0 Å². The maximum Gasteiger partial charge on any atom is 0.312 e. The summed E-state index contributed by atoms with van der Waals surface area (Å²) in [6.07, 6.45) is 12.1. The normalized spacial score (nSPS) is 22.2. The van der Waals surface area contributed by atoms with E-state index in [1.54, 1.807) is 24.5 Å². The van der Waals surface area contributed by atoms with Crippen LogP contribution in [0.2, 0.25) is 0 Å². The molecule has 1 amide bonds. The van der Waals surface area contributed by atoms with Crippen LogP contribution in [0.3, 0.4) is 0 Å². The minimum Gasteiger partial charge on any atom is -0.466 e. The molecule has 1 aromatic rings. The number of esters is 1. The van der Waals surface area contributed by atoms with Gasteiger partial charge >= 0.3 is 5.97 Å². The van der Waals surface area contributed by atoms with E-state index in [9.17, 15) is 9.59 Å². The molecule has 3 heterocycles. The summed E-state index contributed by atoms with van der Waals surface area (Å²) in [5, 5.41) is 0. The number of carbonyl (C=O) groups is 2. The molecule has 2 aliphatic heterocycles. The van der Waals surface area contributed by atoms with Gasteiger partial charge in [-0.15, -0.1) is 0 Å². The van der Waals surface area contributed by atoms with Crippen LogP contribution in [-0.4, -0.2) is 54.2 Å². The smallest absolute Gasteiger partial charge is 0.312 e. The van der Waals surface area contributed by atoms with Crippen LogP contribution >= 0.6 is 0 Å². The molecule has 0 N–H and O–H groups in total. The van der Waals surface area contributed by atoms with Crippen LogP contribution in [0, 0.1) is 5.41 Å². The van der Waals surface area contributed by atoms with Gasteiger partial charge in [0.1, 0.15) is 0 Å². The van der Waals surface area contributed by atoms with Crippen molar-refractivity contribution in [3.8, 4) is 0 Å². The van der Waals surface area contributed by atoms with Crippen molar-refractivity contribution in [1.82, 2.24) is 9.88 Å². The summed E-state index contributed by atoms with van der Waals surface area (Å²) in [5.74, 6) is -0.160. The summed E-state index contributed by atoms with van der Waals surface area (Å²) in [4.78, 5) is 31.1. The Kier molecular flexibility index (Phi) is 7.20. The minimum absolute atomic E-state index is 0.0248. The number of hydrogen-bond acceptors (Lipinski definition) is 5. The van der Waals surface area contributed by atoms with Gasteiger partial charge in [0.2, 0.25) is 5.91 Å². The first-order valence-corrected chi connectivity index (χ1v) is 10.3. The summed E-state index contributed by atoms with van der Waals surface area (Å²) in [6.45, 7) is 4.11. The predicted octanol–water partition coefficient (Wildman–Crippen LogP) is 3.23. The summed E-state index contributed by atoms with van der Waals surface area (Å²) in [6, 6.07) is 3.71. The zero-order valence-corrected chi connectivity index (χ0v) is 16.6. The van der Waals surface area contributed by atoms with Crippen molar-refractivity contribution in [1.29, 1.82) is 0 Å². The van der Waals surface area contributed by atoms with Gasteiger partial charge in [-0.25, -0.2) is 0 Å². The Morgan fingerprint density at radius 2 is 2.04 bits per heavy atom. The molecule has 152 valence electrons. The van der Waals surface area contributed by atoms with Gasteiger partial charge < -0.3 is 14.4 Å². The fourth-order valence-corrected chi connectivity index (χ4v) is 4.08. The Hall–Kier alpha value is -2.21. The molecule has 6 nitrogen and oxygen atoms in total. The van der Waals surface area contributed by atoms with Gasteiger partial charge in [-0.05, 0) is 69.2 Å². The third-order valence-corrected chi connectivity index (χ3v) is 5.76. The van der Waals surface area contributed by atoms with Gasteiger partial charge in [-0.1, -0.05) is 0 Å². The van der Waals surface area contributed by atoms with E-state index < -0.39 is 5.41 Å². The second-order valence-corrected chi connectivity index (χ2v) is 7.63. The molecule has 0 aliphatic carbocycles. The van der Waals surface area contributed by atoms with E-state index in [4.69, 9.17) is 9.47 Å². The highest BCUT2D eigenvalue weighted by Gasteiger charge is 2.45. The van der Waals surface area contributed by atoms with Crippen molar-refractivity contribution in [2.45, 2.75) is 51.6 Å². The predicted molar refractivity (Wildman–Crippen MR) is 106 cm³/mol. The molecule has 0 aromatic carbocycles. The van der Waals surface area contributed by atoms with E-state index in [0.29, 0.717) is 39.0 Å². The Bertz CT molecular complexity index is 675. The number of piperidine rings is 1. The quantitative estimate of drug-likeness (QED) is 0.555. The highest BCUT2D eigenvalue weighted by atomic mass is 16.5. The molecule has 0 radical (unpaired) electrons. The van der Waals surface area contributed by atoms with Gasteiger partial charge in [-0.2, -0.15) is 0 Å². The van der Waals surface area contributed by atoms with Crippen molar-refractivity contribution in [3.05, 3.63) is 36.2 Å². The number of rotatable bonds is 6. The van der Waals surface area contributed by atoms with Crippen molar-refractivity contribution in [2.75, 3.05) is 26.3 Å². The summed E-state index contributed by atoms with van der Waals surface area (Å²) in [7, 11) is 0. The first-order valence-electron chi connectivity index (χ1n) is 10.3. The molecule has 28 heavy (non-hydrogen) atoms. The number of pyridine rings is 1. The van der Waals surface area contributed by atoms with Crippen molar-refractivity contribution in [2.24, 2.45) is 5.41 Å². The molecule has 1 aromatic heterocycles. The zero-order valence-electron chi connectivity index (χ0n) is 16.6. The van der Waals surface area contributed by atoms with E-state index in [0.717, 1.165) is 31.4 Å². The van der Waals surface area contributed by atoms with Crippen molar-refractivity contribution >= 4 is 18.0 Å². The number of aromatic nitrogens is 1. The van der Waals surface area contributed by atoms with Gasteiger partial charge in [0.15, 0.2) is 0 Å². The maximum atomic E-state index is 12.8. The van der Waals surface area contributed by atoms with Crippen molar-refractivity contribution < 1.29 is 19.1 Å². The maximum absolute atomic E-state index is 12.8. The van der Waals surface area contributed by atoms with Crippen LogP contribution in [-0.2, 0) is 19.1 Å². The minimum atomic E-state index is -0.538. The SMILES string of the molecule is CCOC(=O)C1(CC2CCCCO2)CCN(C(=O)/C=C/c2ccncc2)CC1. The molecule has 2 fully saturated rings. The monoisotopic (exact) mass is 386 g/mol. The topological polar surface area (TPSA) is 68.7 Å². The number of likely N-dealkylation sites (tertiary alicyclic amines) is 1. The summed E-state index contributed by atoms with van der Waals surface area (Å²) in [5.41, 5.74) is 0.402. The van der Waals surface area contributed by atoms with Crippen LogP contribution in [0.5, 0.6) is 0 Å². The zero-order chi connectivity index (χ0) is 19.8. The highest BCUT2D eigenvalue weighted by molar-refractivity contribution is 5.92. The van der Waals surface area contributed by atoms with E-state index in [2.05, 4.69) is 4.98 Å². The first kappa shape index (κ1) is 20.5. The van der Waals surface area contributed by atoms with Crippen LogP contribution in [0.25, 0.3) is 6.08 Å². The molecule has 0 bridgehead atoms. The molecular weight excluding hydrogens is 356 g/mol. The van der Waals surface area contributed by atoms with Gasteiger partial charge in [0.25, 0.3) is 0 Å². The molecule has 0 spiro atoms. The Labute approximate surface area is 166 Å². The molecule has 0 saturated carbocycles. The average Bonchev–Trinajstić information content (AvgIpc) is 2.74. The molecule has 3 rings (SSSR count). The average molecular weight is 386 g/mol. The number of ether oxygens (including phenoxy) is 2. The standard InChI is InChI=1S/C22H30N2O4/c1-2-27-21(26)22(17-19-5-3-4-16-28-19)10-14-24(15-11-22)20(25)7-6-18-8-12-23-13-9-18/h6-9,12-13,19H,2-5,10-11,14-17H2,1H3/b7-6+. The lowest BCUT2D eigenvalue weighted by Crippen LogP contribution is -2.48. The molecular formula is C22H30N2O4. The number of hydrogen-bond donors (Lipinski definition) is 0.